The highest BCUT2D eigenvalue weighted by Gasteiger charge is 2.07. The minimum atomic E-state index is -0.258. The Morgan fingerprint density at radius 1 is 1.33 bits per heavy atom. The molecule has 0 aliphatic carbocycles. The molecule has 0 aliphatic rings. The van der Waals surface area contributed by atoms with E-state index in [0.717, 1.165) is 23.9 Å². The van der Waals surface area contributed by atoms with Gasteiger partial charge in [-0.05, 0) is 45.1 Å². The average Bonchev–Trinajstić information content (AvgIpc) is 2.18. The Morgan fingerprint density at radius 3 is 2.60 bits per heavy atom. The first kappa shape index (κ1) is 12.7. The number of hydrogen-bond donors (Lipinski definition) is 1. The van der Waals surface area contributed by atoms with Crippen LogP contribution in [0.25, 0.3) is 0 Å². The third-order valence-corrected chi connectivity index (χ3v) is 3.10. The Bertz CT molecular complexity index is 301. The molecule has 15 heavy (non-hydrogen) atoms. The molecule has 1 atom stereocenters. The third-order valence-electron chi connectivity index (χ3n) is 2.32. The van der Waals surface area contributed by atoms with Gasteiger partial charge < -0.3 is 10.0 Å². The maximum atomic E-state index is 9.83. The predicted octanol–water partition coefficient (Wildman–Crippen LogP) is 2.30. The Hall–Kier alpha value is -0.380. The summed E-state index contributed by atoms with van der Waals surface area (Å²) in [6, 6.07) is 8.04. The molecule has 1 aromatic carbocycles. The first-order chi connectivity index (χ1) is 7.09. The van der Waals surface area contributed by atoms with Crippen molar-refractivity contribution in [2.45, 2.75) is 18.9 Å². The summed E-state index contributed by atoms with van der Waals surface area (Å²) in [5, 5.41) is 9.83. The van der Waals surface area contributed by atoms with E-state index in [1.54, 1.807) is 0 Å². The van der Waals surface area contributed by atoms with Crippen LogP contribution < -0.4 is 0 Å². The van der Waals surface area contributed by atoms with E-state index in [0.29, 0.717) is 0 Å². The van der Waals surface area contributed by atoms with Crippen LogP contribution in [0.2, 0.25) is 0 Å². The zero-order valence-corrected chi connectivity index (χ0v) is 10.9. The van der Waals surface area contributed by atoms with Crippen molar-refractivity contribution in [2.24, 2.45) is 0 Å². The van der Waals surface area contributed by atoms with Gasteiger partial charge >= 0.3 is 0 Å². The van der Waals surface area contributed by atoms with Crippen molar-refractivity contribution in [1.82, 2.24) is 4.90 Å². The van der Waals surface area contributed by atoms with Gasteiger partial charge in [-0.15, -0.1) is 0 Å². The van der Waals surface area contributed by atoms with Crippen molar-refractivity contribution in [1.29, 1.82) is 0 Å². The second kappa shape index (κ2) is 6.26. The van der Waals surface area contributed by atoms with Crippen molar-refractivity contribution >= 4 is 15.9 Å². The summed E-state index contributed by atoms with van der Waals surface area (Å²) >= 11 is 3.48. The molecule has 0 bridgehead atoms. The highest BCUT2D eigenvalue weighted by molar-refractivity contribution is 9.10. The van der Waals surface area contributed by atoms with Crippen molar-refractivity contribution in [3.8, 4) is 0 Å². The van der Waals surface area contributed by atoms with Gasteiger partial charge in [0.1, 0.15) is 0 Å². The fourth-order valence-corrected chi connectivity index (χ4v) is 1.87. The first-order valence-corrected chi connectivity index (χ1v) is 5.95. The van der Waals surface area contributed by atoms with Gasteiger partial charge in [0, 0.05) is 4.47 Å². The fourth-order valence-electron chi connectivity index (χ4n) is 1.43. The summed E-state index contributed by atoms with van der Waals surface area (Å²) in [5.74, 6) is 0. The van der Waals surface area contributed by atoms with E-state index in [1.807, 2.05) is 38.4 Å². The molecule has 0 radical (unpaired) electrons. The molecule has 0 spiro atoms. The summed E-state index contributed by atoms with van der Waals surface area (Å²) in [6.07, 6.45) is 1.27. The van der Waals surface area contributed by atoms with E-state index in [-0.39, 0.29) is 6.10 Å². The molecule has 1 N–H and O–H groups in total. The molecule has 2 nitrogen and oxygen atoms in total. The minimum absolute atomic E-state index is 0.258. The fraction of sp³-hybridized carbons (Fsp3) is 0.500. The van der Waals surface area contributed by atoms with E-state index >= 15 is 0 Å². The van der Waals surface area contributed by atoms with Gasteiger partial charge in [-0.3, -0.25) is 0 Å². The van der Waals surface area contributed by atoms with Gasteiger partial charge in [-0.25, -0.2) is 0 Å². The quantitative estimate of drug-likeness (QED) is 0.889. The molecule has 84 valence electrons. The number of aliphatic hydroxyl groups excluding tert-OH is 1. The van der Waals surface area contributed by atoms with Crippen LogP contribution in [0.5, 0.6) is 0 Å². The molecule has 0 amide bonds. The van der Waals surface area contributed by atoms with Gasteiger partial charge in [0.2, 0.25) is 0 Å². The van der Waals surface area contributed by atoms with Crippen molar-refractivity contribution in [3.05, 3.63) is 34.3 Å². The van der Waals surface area contributed by atoms with Crippen LogP contribution in [0.3, 0.4) is 0 Å². The first-order valence-electron chi connectivity index (χ1n) is 5.16. The van der Waals surface area contributed by atoms with E-state index in [4.69, 9.17) is 0 Å². The molecule has 1 aromatic rings. The summed E-state index contributed by atoms with van der Waals surface area (Å²) in [7, 11) is 4.04. The van der Waals surface area contributed by atoms with Gasteiger partial charge in [-0.1, -0.05) is 34.1 Å². The Balaban J connectivity index is 2.44. The number of halogens is 1. The zero-order chi connectivity index (χ0) is 11.3. The number of nitrogens with zero attached hydrogens (tertiary/aromatic N) is 1. The molecule has 0 heterocycles. The smallest absolute Gasteiger partial charge is 0.0593 e. The number of hydrogen-bond acceptors (Lipinski definition) is 2. The number of aliphatic hydroxyl groups is 1. The molecular formula is C12H18BrNO. The molecule has 0 saturated heterocycles. The lowest BCUT2D eigenvalue weighted by Crippen LogP contribution is -2.20. The molecular weight excluding hydrogens is 254 g/mol. The van der Waals surface area contributed by atoms with E-state index in [2.05, 4.69) is 20.8 Å². The monoisotopic (exact) mass is 271 g/mol. The minimum Gasteiger partial charge on any atom is -0.393 e. The second-order valence-corrected chi connectivity index (χ2v) is 4.90. The maximum Gasteiger partial charge on any atom is 0.0593 e. The SMILES string of the molecule is CN(C)CCC(O)Cc1ccccc1Br. The second-order valence-electron chi connectivity index (χ2n) is 4.04. The molecule has 0 fully saturated rings. The summed E-state index contributed by atoms with van der Waals surface area (Å²) in [6.45, 7) is 0.922. The number of rotatable bonds is 5. The van der Waals surface area contributed by atoms with E-state index < -0.39 is 0 Å². The highest BCUT2D eigenvalue weighted by atomic mass is 79.9. The molecule has 0 aliphatic heterocycles. The lowest BCUT2D eigenvalue weighted by molar-refractivity contribution is 0.152. The van der Waals surface area contributed by atoms with Gasteiger partial charge in [-0.2, -0.15) is 0 Å². The van der Waals surface area contributed by atoms with Crippen LogP contribution in [0.1, 0.15) is 12.0 Å². The largest absolute Gasteiger partial charge is 0.393 e. The Labute approximate surface area is 100 Å². The highest BCUT2D eigenvalue weighted by Crippen LogP contribution is 2.18. The van der Waals surface area contributed by atoms with Crippen molar-refractivity contribution in [3.63, 3.8) is 0 Å². The zero-order valence-electron chi connectivity index (χ0n) is 9.28. The lowest BCUT2D eigenvalue weighted by atomic mass is 10.1. The molecule has 1 rings (SSSR count). The summed E-state index contributed by atoms with van der Waals surface area (Å²) in [4.78, 5) is 2.09. The molecule has 0 aromatic heterocycles. The van der Waals surface area contributed by atoms with Crippen molar-refractivity contribution in [2.75, 3.05) is 20.6 Å². The predicted molar refractivity (Wildman–Crippen MR) is 67.0 cm³/mol. The Morgan fingerprint density at radius 2 is 2.00 bits per heavy atom. The van der Waals surface area contributed by atoms with Crippen LogP contribution in [0.4, 0.5) is 0 Å². The summed E-state index contributed by atoms with van der Waals surface area (Å²) in [5.41, 5.74) is 1.17. The third kappa shape index (κ3) is 4.78. The van der Waals surface area contributed by atoms with Crippen LogP contribution >= 0.6 is 15.9 Å². The normalized spacial score (nSPS) is 13.1. The van der Waals surface area contributed by atoms with E-state index in [9.17, 15) is 5.11 Å². The molecule has 1 unspecified atom stereocenters. The van der Waals surface area contributed by atoms with Crippen molar-refractivity contribution < 1.29 is 5.11 Å². The summed E-state index contributed by atoms with van der Waals surface area (Å²) < 4.78 is 1.08. The van der Waals surface area contributed by atoms with Crippen LogP contribution in [-0.4, -0.2) is 36.8 Å². The Kier molecular flexibility index (Phi) is 5.29. The van der Waals surface area contributed by atoms with Crippen LogP contribution in [0.15, 0.2) is 28.7 Å². The topological polar surface area (TPSA) is 23.5 Å². The van der Waals surface area contributed by atoms with Crippen LogP contribution in [0, 0.1) is 0 Å². The number of benzene rings is 1. The maximum absolute atomic E-state index is 9.83. The molecule has 3 heteroatoms. The standard InChI is InChI=1S/C12H18BrNO/c1-14(2)8-7-11(15)9-10-5-3-4-6-12(10)13/h3-6,11,15H,7-9H2,1-2H3. The molecule has 0 saturated carbocycles. The lowest BCUT2D eigenvalue weighted by Gasteiger charge is -2.14. The van der Waals surface area contributed by atoms with Gasteiger partial charge in [0.25, 0.3) is 0 Å². The van der Waals surface area contributed by atoms with E-state index in [1.165, 1.54) is 5.56 Å². The van der Waals surface area contributed by atoms with Gasteiger partial charge in [0.05, 0.1) is 6.10 Å². The average molecular weight is 272 g/mol. The van der Waals surface area contributed by atoms with Crippen LogP contribution in [-0.2, 0) is 6.42 Å². The van der Waals surface area contributed by atoms with Gasteiger partial charge in [0.15, 0.2) is 0 Å².